The fourth-order valence-electron chi connectivity index (χ4n) is 4.20. The number of carbonyl (C=O) groups excluding carboxylic acids is 2. The van der Waals surface area contributed by atoms with Gasteiger partial charge in [0.1, 0.15) is 6.61 Å². The normalized spacial score (nSPS) is 21.1. The third-order valence-corrected chi connectivity index (χ3v) is 5.51. The SMILES string of the molecule is C=CCOC(=O)C1=C(C)NC2=C(C(=O)CC(C)(C)C2)[C@@H]1c1ccc(CC)cc1. The number of benzene rings is 1. The molecule has 1 aliphatic heterocycles. The number of allylic oxidation sites excluding steroid dienone is 3. The van der Waals surface area contributed by atoms with Crippen LogP contribution in [0.15, 0.2) is 59.5 Å². The van der Waals surface area contributed by atoms with Crippen LogP contribution in [0, 0.1) is 5.41 Å². The Morgan fingerprint density at radius 3 is 2.57 bits per heavy atom. The minimum atomic E-state index is -0.404. The highest BCUT2D eigenvalue weighted by Gasteiger charge is 2.43. The predicted octanol–water partition coefficient (Wildman–Crippen LogP) is 4.58. The first-order valence-electron chi connectivity index (χ1n) is 9.88. The van der Waals surface area contributed by atoms with Gasteiger partial charge in [-0.15, -0.1) is 0 Å². The number of rotatable bonds is 5. The molecule has 0 spiro atoms. The average molecular weight is 380 g/mol. The summed E-state index contributed by atoms with van der Waals surface area (Å²) < 4.78 is 5.36. The molecule has 2 aliphatic rings. The second kappa shape index (κ2) is 7.78. The molecule has 0 fully saturated rings. The second-order valence-corrected chi connectivity index (χ2v) is 8.41. The smallest absolute Gasteiger partial charge is 0.337 e. The van der Waals surface area contributed by atoms with Crippen molar-refractivity contribution < 1.29 is 14.3 Å². The van der Waals surface area contributed by atoms with Crippen LogP contribution in [0.25, 0.3) is 0 Å². The summed E-state index contributed by atoms with van der Waals surface area (Å²) in [6, 6.07) is 8.19. The first-order valence-corrected chi connectivity index (χ1v) is 9.88. The van der Waals surface area contributed by atoms with Crippen LogP contribution in [-0.4, -0.2) is 18.4 Å². The van der Waals surface area contributed by atoms with E-state index in [1.807, 2.05) is 19.1 Å². The zero-order valence-electron chi connectivity index (χ0n) is 17.2. The fourth-order valence-corrected chi connectivity index (χ4v) is 4.20. The highest BCUT2D eigenvalue weighted by atomic mass is 16.5. The van der Waals surface area contributed by atoms with Crippen molar-refractivity contribution in [3.63, 3.8) is 0 Å². The van der Waals surface area contributed by atoms with Crippen LogP contribution in [-0.2, 0) is 20.7 Å². The quantitative estimate of drug-likeness (QED) is 0.601. The van der Waals surface area contributed by atoms with Crippen LogP contribution in [0.3, 0.4) is 0 Å². The number of esters is 1. The van der Waals surface area contributed by atoms with Crippen molar-refractivity contribution in [2.45, 2.75) is 52.9 Å². The summed E-state index contributed by atoms with van der Waals surface area (Å²) in [6.45, 7) is 12.0. The van der Waals surface area contributed by atoms with Gasteiger partial charge in [-0.1, -0.05) is 57.7 Å². The third kappa shape index (κ3) is 3.82. The van der Waals surface area contributed by atoms with E-state index < -0.39 is 11.9 Å². The number of hydrogen-bond acceptors (Lipinski definition) is 4. The lowest BCUT2D eigenvalue weighted by molar-refractivity contribution is -0.138. The van der Waals surface area contributed by atoms with E-state index in [4.69, 9.17) is 4.74 Å². The van der Waals surface area contributed by atoms with Crippen LogP contribution in [0.2, 0.25) is 0 Å². The van der Waals surface area contributed by atoms with E-state index in [0.29, 0.717) is 17.6 Å². The lowest BCUT2D eigenvalue weighted by atomic mass is 9.68. The highest BCUT2D eigenvalue weighted by molar-refractivity contribution is 6.04. The zero-order valence-corrected chi connectivity index (χ0v) is 17.2. The Balaban J connectivity index is 2.13. The number of nitrogens with one attached hydrogen (secondary N) is 1. The predicted molar refractivity (Wildman–Crippen MR) is 111 cm³/mol. The van der Waals surface area contributed by atoms with E-state index in [2.05, 4.69) is 44.8 Å². The summed E-state index contributed by atoms with van der Waals surface area (Å²) in [5, 5.41) is 3.35. The summed E-state index contributed by atoms with van der Waals surface area (Å²) in [4.78, 5) is 26.0. The first kappa shape index (κ1) is 20.1. The van der Waals surface area contributed by atoms with Crippen LogP contribution >= 0.6 is 0 Å². The largest absolute Gasteiger partial charge is 0.458 e. The molecule has 0 saturated heterocycles. The van der Waals surface area contributed by atoms with Crippen LogP contribution in [0.5, 0.6) is 0 Å². The molecule has 4 heteroatoms. The third-order valence-electron chi connectivity index (χ3n) is 5.51. The highest BCUT2D eigenvalue weighted by Crippen LogP contribution is 2.46. The van der Waals surface area contributed by atoms with E-state index in [1.165, 1.54) is 5.56 Å². The molecule has 1 atom stereocenters. The molecule has 1 N–H and O–H groups in total. The number of ether oxygens (including phenoxy) is 1. The molecular weight excluding hydrogens is 350 g/mol. The number of hydrogen-bond donors (Lipinski definition) is 1. The Labute approximate surface area is 167 Å². The van der Waals surface area contributed by atoms with Gasteiger partial charge in [-0.2, -0.15) is 0 Å². The van der Waals surface area contributed by atoms with Crippen molar-refractivity contribution in [1.82, 2.24) is 5.32 Å². The van der Waals surface area contributed by atoms with Gasteiger partial charge in [0.05, 0.1) is 5.57 Å². The Hall–Kier alpha value is -2.62. The summed E-state index contributed by atoms with van der Waals surface area (Å²) in [5.41, 5.74) is 4.98. The van der Waals surface area contributed by atoms with E-state index in [1.54, 1.807) is 6.08 Å². The maximum atomic E-state index is 13.2. The maximum Gasteiger partial charge on any atom is 0.337 e. The molecule has 1 heterocycles. The Bertz CT molecular complexity index is 872. The van der Waals surface area contributed by atoms with E-state index in [9.17, 15) is 9.59 Å². The van der Waals surface area contributed by atoms with Gasteiger partial charge < -0.3 is 10.1 Å². The van der Waals surface area contributed by atoms with Crippen molar-refractivity contribution in [2.24, 2.45) is 5.41 Å². The first-order chi connectivity index (χ1) is 13.3. The minimum Gasteiger partial charge on any atom is -0.458 e. The average Bonchev–Trinajstić information content (AvgIpc) is 2.64. The van der Waals surface area contributed by atoms with Crippen LogP contribution < -0.4 is 5.32 Å². The Morgan fingerprint density at radius 1 is 1.29 bits per heavy atom. The molecule has 4 nitrogen and oxygen atoms in total. The second-order valence-electron chi connectivity index (χ2n) is 8.41. The molecule has 3 rings (SSSR count). The van der Waals surface area contributed by atoms with E-state index >= 15 is 0 Å². The van der Waals surface area contributed by atoms with E-state index in [-0.39, 0.29) is 17.8 Å². The van der Waals surface area contributed by atoms with Gasteiger partial charge in [0, 0.05) is 29.3 Å². The Kier molecular flexibility index (Phi) is 5.59. The molecule has 28 heavy (non-hydrogen) atoms. The number of ketones is 1. The topological polar surface area (TPSA) is 55.4 Å². The lowest BCUT2D eigenvalue weighted by Gasteiger charge is -2.39. The van der Waals surface area contributed by atoms with Crippen LogP contribution in [0.4, 0.5) is 0 Å². The van der Waals surface area contributed by atoms with E-state index in [0.717, 1.165) is 29.8 Å². The molecule has 1 aliphatic carbocycles. The summed E-state index contributed by atoms with van der Waals surface area (Å²) >= 11 is 0. The molecule has 0 bridgehead atoms. The van der Waals surface area contributed by atoms with Gasteiger partial charge in [0.15, 0.2) is 5.78 Å². The number of Topliss-reactive ketones (excluding diaryl/α,β-unsaturated/α-hetero) is 1. The standard InChI is InChI=1S/C24H29NO3/c1-6-12-28-23(27)20-15(3)25-18-13-24(4,5)14-19(26)22(18)21(20)17-10-8-16(7-2)9-11-17/h6,8-11,21,25H,1,7,12-14H2,2-5H3/t21-/m1/s1. The molecule has 148 valence electrons. The van der Waals surface area contributed by atoms with Gasteiger partial charge in [-0.05, 0) is 36.3 Å². The lowest BCUT2D eigenvalue weighted by Crippen LogP contribution is -2.38. The molecule has 0 amide bonds. The van der Waals surface area contributed by atoms with Gasteiger partial charge in [-0.3, -0.25) is 4.79 Å². The fraction of sp³-hybridized carbons (Fsp3) is 0.417. The molecule has 0 aromatic heterocycles. The number of aryl methyl sites for hydroxylation is 1. The number of carbonyl (C=O) groups is 2. The summed E-state index contributed by atoms with van der Waals surface area (Å²) in [5.74, 6) is -0.702. The van der Waals surface area contributed by atoms with Gasteiger partial charge >= 0.3 is 5.97 Å². The number of dihydropyridines is 1. The van der Waals surface area contributed by atoms with Gasteiger partial charge in [-0.25, -0.2) is 4.79 Å². The van der Waals surface area contributed by atoms with Gasteiger partial charge in [0.2, 0.25) is 0 Å². The monoisotopic (exact) mass is 379 g/mol. The molecule has 1 aromatic carbocycles. The maximum absolute atomic E-state index is 13.2. The van der Waals surface area contributed by atoms with Gasteiger partial charge in [0.25, 0.3) is 0 Å². The molecular formula is C24H29NO3. The van der Waals surface area contributed by atoms with Crippen molar-refractivity contribution in [3.05, 3.63) is 70.6 Å². The van der Waals surface area contributed by atoms with Crippen LogP contribution in [0.1, 0.15) is 57.6 Å². The summed E-state index contributed by atoms with van der Waals surface area (Å²) in [7, 11) is 0. The summed E-state index contributed by atoms with van der Waals surface area (Å²) in [6.07, 6.45) is 3.75. The Morgan fingerprint density at radius 2 is 1.96 bits per heavy atom. The van der Waals surface area contributed by atoms with Crippen molar-refractivity contribution in [3.8, 4) is 0 Å². The molecule has 0 radical (unpaired) electrons. The molecule has 0 unspecified atom stereocenters. The molecule has 1 aromatic rings. The van der Waals surface area contributed by atoms with Crippen molar-refractivity contribution >= 4 is 11.8 Å². The zero-order chi connectivity index (χ0) is 20.5. The molecule has 0 saturated carbocycles. The van der Waals surface area contributed by atoms with Crippen molar-refractivity contribution in [2.75, 3.05) is 6.61 Å². The van der Waals surface area contributed by atoms with Crippen molar-refractivity contribution in [1.29, 1.82) is 0 Å². The minimum absolute atomic E-state index is 0.0966.